The summed E-state index contributed by atoms with van der Waals surface area (Å²) in [6.07, 6.45) is 2.29. The Morgan fingerprint density at radius 3 is 2.31 bits per heavy atom. The van der Waals surface area contributed by atoms with E-state index >= 15 is 0 Å². The Kier molecular flexibility index (Phi) is 7.54. The van der Waals surface area contributed by atoms with Crippen LogP contribution >= 0.6 is 0 Å². The predicted octanol–water partition coefficient (Wildman–Crippen LogP) is 2.21. The molecule has 0 unspecified atom stereocenters. The van der Waals surface area contributed by atoms with E-state index in [1.807, 2.05) is 0 Å². The molecule has 190 valence electrons. The van der Waals surface area contributed by atoms with Crippen LogP contribution in [0.25, 0.3) is 0 Å². The lowest BCUT2D eigenvalue weighted by atomic mass is 10.2. The third-order valence-electron chi connectivity index (χ3n) is 4.83. The zero-order chi connectivity index (χ0) is 26.7. The van der Waals surface area contributed by atoms with Crippen LogP contribution in [0, 0.1) is 24.0 Å². The van der Waals surface area contributed by atoms with E-state index in [9.17, 15) is 31.7 Å². The van der Waals surface area contributed by atoms with Crippen LogP contribution in [0.2, 0.25) is 0 Å². The van der Waals surface area contributed by atoms with Gasteiger partial charge in [0.05, 0.1) is 21.8 Å². The highest BCUT2D eigenvalue weighted by molar-refractivity contribution is 7.92. The van der Waals surface area contributed by atoms with Gasteiger partial charge in [-0.1, -0.05) is 6.07 Å². The Morgan fingerprint density at radius 2 is 1.72 bits per heavy atom. The third kappa shape index (κ3) is 6.51. The van der Waals surface area contributed by atoms with Crippen LogP contribution in [-0.2, 0) is 24.8 Å². The summed E-state index contributed by atoms with van der Waals surface area (Å²) in [4.78, 5) is 30.8. The zero-order valence-electron chi connectivity index (χ0n) is 19.4. The molecule has 36 heavy (non-hydrogen) atoms. The summed E-state index contributed by atoms with van der Waals surface area (Å²) in [7, 11) is -7.97. The van der Waals surface area contributed by atoms with Crippen LogP contribution in [0.1, 0.15) is 11.3 Å². The molecule has 0 fully saturated rings. The highest BCUT2D eigenvalue weighted by Gasteiger charge is 2.24. The first-order chi connectivity index (χ1) is 16.8. The lowest BCUT2D eigenvalue weighted by Crippen LogP contribution is -2.37. The topological polar surface area (TPSA) is 182 Å². The van der Waals surface area contributed by atoms with Crippen molar-refractivity contribution < 1.29 is 26.6 Å². The van der Waals surface area contributed by atoms with Crippen molar-refractivity contribution in [2.75, 3.05) is 27.1 Å². The summed E-state index contributed by atoms with van der Waals surface area (Å²) in [6, 6.07) is 10.4. The molecule has 1 heterocycles. The van der Waals surface area contributed by atoms with Crippen LogP contribution < -0.4 is 14.3 Å². The number of benzene rings is 2. The lowest BCUT2D eigenvalue weighted by molar-refractivity contribution is -0.384. The Hall–Kier alpha value is -4.11. The standard InChI is InChI=1S/C21H22N6O7S2/c1-14-4-7-17(27(29)30)12-19(14)26(35(3,31)32)13-20(28)24-16-5-8-18(9-6-16)36(33,34)25-21-22-11-10-15(2)23-21/h4-12H,13H2,1-3H3,(H,24,28)(H,22,23,25). The van der Waals surface area contributed by atoms with Crippen molar-refractivity contribution in [3.05, 3.63) is 76.1 Å². The molecule has 3 rings (SSSR count). The van der Waals surface area contributed by atoms with Gasteiger partial charge in [0.2, 0.25) is 21.9 Å². The Labute approximate surface area is 207 Å². The van der Waals surface area contributed by atoms with Gasteiger partial charge in [-0.25, -0.2) is 31.5 Å². The number of aryl methyl sites for hydroxylation is 2. The van der Waals surface area contributed by atoms with Crippen LogP contribution in [0.5, 0.6) is 0 Å². The first-order valence-electron chi connectivity index (χ1n) is 10.2. The quantitative estimate of drug-likeness (QED) is 0.307. The first kappa shape index (κ1) is 26.5. The van der Waals surface area contributed by atoms with Gasteiger partial charge in [-0.15, -0.1) is 0 Å². The SMILES string of the molecule is Cc1ccnc(NS(=O)(=O)c2ccc(NC(=O)CN(c3cc([N+](=O)[O-])ccc3C)S(C)(=O)=O)cc2)n1. The second-order valence-electron chi connectivity index (χ2n) is 7.70. The summed E-state index contributed by atoms with van der Waals surface area (Å²) < 4.78 is 52.9. The van der Waals surface area contributed by atoms with Gasteiger partial charge in [-0.05, 0) is 49.7 Å². The number of carbonyl (C=O) groups excluding carboxylic acids is 1. The van der Waals surface area contributed by atoms with E-state index in [2.05, 4.69) is 20.0 Å². The van der Waals surface area contributed by atoms with Gasteiger partial charge >= 0.3 is 0 Å². The molecule has 0 radical (unpaired) electrons. The third-order valence-corrected chi connectivity index (χ3v) is 7.30. The number of hydrogen-bond acceptors (Lipinski definition) is 9. The zero-order valence-corrected chi connectivity index (χ0v) is 21.0. The van der Waals surface area contributed by atoms with Crippen LogP contribution in [-0.4, -0.2) is 50.4 Å². The van der Waals surface area contributed by atoms with Crippen molar-refractivity contribution in [1.29, 1.82) is 0 Å². The van der Waals surface area contributed by atoms with Crippen molar-refractivity contribution in [2.45, 2.75) is 18.7 Å². The molecule has 0 spiro atoms. The molecule has 0 saturated heterocycles. The fraction of sp³-hybridized carbons (Fsp3) is 0.190. The number of amides is 1. The minimum absolute atomic E-state index is 0.00673. The Balaban J connectivity index is 1.76. The van der Waals surface area contributed by atoms with Crippen LogP contribution in [0.4, 0.5) is 23.0 Å². The predicted molar refractivity (Wildman–Crippen MR) is 133 cm³/mol. The first-order valence-corrected chi connectivity index (χ1v) is 13.5. The van der Waals surface area contributed by atoms with Crippen molar-refractivity contribution in [1.82, 2.24) is 9.97 Å². The van der Waals surface area contributed by atoms with Gasteiger partial charge in [0.1, 0.15) is 6.54 Å². The number of carbonyl (C=O) groups is 1. The number of nitrogens with zero attached hydrogens (tertiary/aromatic N) is 4. The van der Waals surface area contributed by atoms with Gasteiger partial charge in [0.15, 0.2) is 0 Å². The van der Waals surface area contributed by atoms with Crippen LogP contribution in [0.3, 0.4) is 0 Å². The molecule has 3 aromatic rings. The van der Waals surface area contributed by atoms with Gasteiger partial charge in [0, 0.05) is 29.7 Å². The lowest BCUT2D eigenvalue weighted by Gasteiger charge is -2.23. The van der Waals surface area contributed by atoms with Crippen molar-refractivity contribution >= 4 is 49.0 Å². The fourth-order valence-corrected chi connectivity index (χ4v) is 4.94. The Bertz CT molecular complexity index is 1520. The second kappa shape index (κ2) is 10.2. The number of nitro benzene ring substituents is 1. The fourth-order valence-electron chi connectivity index (χ4n) is 3.09. The van der Waals surface area contributed by atoms with E-state index in [0.29, 0.717) is 11.3 Å². The van der Waals surface area contributed by atoms with Crippen molar-refractivity contribution in [3.8, 4) is 0 Å². The van der Waals surface area contributed by atoms with Crippen LogP contribution in [0.15, 0.2) is 59.6 Å². The number of anilines is 3. The minimum Gasteiger partial charge on any atom is -0.325 e. The molecule has 0 saturated carbocycles. The number of rotatable bonds is 9. The van der Waals surface area contributed by atoms with E-state index in [1.165, 1.54) is 42.6 Å². The molecule has 2 aromatic carbocycles. The van der Waals surface area contributed by atoms with Gasteiger partial charge in [0.25, 0.3) is 15.7 Å². The average molecular weight is 535 g/mol. The summed E-state index contributed by atoms with van der Waals surface area (Å²) in [5.41, 5.74) is 0.858. The summed E-state index contributed by atoms with van der Waals surface area (Å²) >= 11 is 0. The van der Waals surface area contributed by atoms with Crippen molar-refractivity contribution in [2.24, 2.45) is 0 Å². The van der Waals surface area contributed by atoms with E-state index in [-0.39, 0.29) is 27.9 Å². The van der Waals surface area contributed by atoms with E-state index in [0.717, 1.165) is 16.6 Å². The molecule has 0 atom stereocenters. The number of hydrogen-bond donors (Lipinski definition) is 2. The molecule has 2 N–H and O–H groups in total. The normalized spacial score (nSPS) is 11.5. The number of sulfonamides is 2. The van der Waals surface area contributed by atoms with Gasteiger partial charge in [-0.2, -0.15) is 0 Å². The molecule has 1 aromatic heterocycles. The molecule has 1 amide bonds. The van der Waals surface area contributed by atoms with E-state index in [4.69, 9.17) is 0 Å². The van der Waals surface area contributed by atoms with Gasteiger partial charge in [-0.3, -0.25) is 19.2 Å². The molecular formula is C21H22N6O7S2. The maximum atomic E-state index is 12.6. The average Bonchev–Trinajstić information content (AvgIpc) is 2.77. The summed E-state index contributed by atoms with van der Waals surface area (Å²) in [6.45, 7) is 2.58. The number of nitro groups is 1. The number of nitrogens with one attached hydrogen (secondary N) is 2. The highest BCUT2D eigenvalue weighted by Crippen LogP contribution is 2.27. The molecule has 0 aliphatic carbocycles. The van der Waals surface area contributed by atoms with E-state index < -0.39 is 37.4 Å². The number of aromatic nitrogens is 2. The molecular weight excluding hydrogens is 512 g/mol. The van der Waals surface area contributed by atoms with Crippen molar-refractivity contribution in [3.63, 3.8) is 0 Å². The monoisotopic (exact) mass is 534 g/mol. The largest absolute Gasteiger partial charge is 0.325 e. The molecule has 15 heteroatoms. The maximum Gasteiger partial charge on any atom is 0.271 e. The molecule has 0 aliphatic rings. The summed E-state index contributed by atoms with van der Waals surface area (Å²) in [5, 5.41) is 13.6. The smallest absolute Gasteiger partial charge is 0.271 e. The minimum atomic E-state index is -4.00. The maximum absolute atomic E-state index is 12.6. The summed E-state index contributed by atoms with van der Waals surface area (Å²) in [5.74, 6) is -0.835. The number of non-ortho nitro benzene ring substituents is 1. The molecule has 0 bridgehead atoms. The van der Waals surface area contributed by atoms with E-state index in [1.54, 1.807) is 19.9 Å². The highest BCUT2D eigenvalue weighted by atomic mass is 32.2. The second-order valence-corrected chi connectivity index (χ2v) is 11.3. The van der Waals surface area contributed by atoms with Gasteiger partial charge < -0.3 is 5.32 Å². The Morgan fingerprint density at radius 1 is 1.06 bits per heavy atom. The molecule has 0 aliphatic heterocycles. The molecule has 13 nitrogen and oxygen atoms in total.